The number of carbonyl (C=O) groups excluding carboxylic acids is 1. The zero-order chi connectivity index (χ0) is 22.8. The minimum atomic E-state index is -0.928. The Hall–Kier alpha value is -2.12. The number of benzene rings is 2. The number of likely N-dealkylation sites (tertiary alicyclic amines) is 1. The van der Waals surface area contributed by atoms with Crippen LogP contribution in [-0.2, 0) is 15.7 Å². The monoisotopic (exact) mass is 475 g/mol. The number of likely N-dealkylation sites (N-methyl/N-ethyl adjacent to an activating group) is 1. The van der Waals surface area contributed by atoms with Gasteiger partial charge in [0.1, 0.15) is 12.0 Å². The fraction of sp³-hybridized carbons (Fsp3) is 0.375. The molecule has 3 aliphatic rings. The summed E-state index contributed by atoms with van der Waals surface area (Å²) in [6.07, 6.45) is 2.81. The molecule has 32 heavy (non-hydrogen) atoms. The zero-order valence-corrected chi connectivity index (χ0v) is 19.2. The van der Waals surface area contributed by atoms with Crippen molar-refractivity contribution in [2.75, 3.05) is 30.4 Å². The second kappa shape index (κ2) is 7.45. The lowest BCUT2D eigenvalue weighted by atomic mass is 9.87. The molecule has 2 aliphatic heterocycles. The number of rotatable bonds is 5. The predicted octanol–water partition coefficient (Wildman–Crippen LogP) is 4.66. The predicted molar refractivity (Wildman–Crippen MR) is 125 cm³/mol. The van der Waals surface area contributed by atoms with Crippen molar-refractivity contribution < 1.29 is 14.3 Å². The summed E-state index contributed by atoms with van der Waals surface area (Å²) in [5.74, 6) is -0.336. The molecule has 2 atom stereocenters. The van der Waals surface area contributed by atoms with Gasteiger partial charge in [0.15, 0.2) is 0 Å². The first-order chi connectivity index (χ1) is 15.2. The molecule has 1 saturated heterocycles. The molecule has 1 spiro atoms. The maximum atomic E-state index is 15.1. The smallest absolute Gasteiger partial charge is 0.237 e. The van der Waals surface area contributed by atoms with E-state index in [9.17, 15) is 9.90 Å². The van der Waals surface area contributed by atoms with Crippen molar-refractivity contribution in [2.24, 2.45) is 0 Å². The molecule has 2 aromatic carbocycles. The van der Waals surface area contributed by atoms with Gasteiger partial charge in [-0.15, -0.1) is 0 Å². The summed E-state index contributed by atoms with van der Waals surface area (Å²) in [7, 11) is 1.79. The number of fused-ring (bicyclic) bond motifs is 2. The Morgan fingerprint density at radius 3 is 2.69 bits per heavy atom. The number of amides is 1. The highest BCUT2D eigenvalue weighted by molar-refractivity contribution is 6.42. The molecule has 1 aliphatic carbocycles. The number of hydrogen-bond donors (Lipinski definition) is 2. The SMILES string of the molecule is C=CC(O)N1CC[C@@](Nc2ccc3c(c2)N(C)C(=O)C32CC2)(c2c(F)ccc(Cl)c2Cl)C1. The number of anilines is 2. The van der Waals surface area contributed by atoms with Crippen molar-refractivity contribution in [3.63, 3.8) is 0 Å². The van der Waals surface area contributed by atoms with Crippen LogP contribution in [0.2, 0.25) is 10.0 Å². The lowest BCUT2D eigenvalue weighted by Crippen LogP contribution is -2.42. The third-order valence-corrected chi connectivity index (χ3v) is 7.93. The minimum Gasteiger partial charge on any atom is -0.375 e. The maximum Gasteiger partial charge on any atom is 0.237 e. The van der Waals surface area contributed by atoms with Crippen LogP contribution in [0.1, 0.15) is 30.4 Å². The highest BCUT2D eigenvalue weighted by Gasteiger charge is 2.58. The Bertz CT molecular complexity index is 1140. The van der Waals surface area contributed by atoms with Gasteiger partial charge in [-0.05, 0) is 55.2 Å². The second-order valence-electron chi connectivity index (χ2n) is 8.97. The summed E-state index contributed by atoms with van der Waals surface area (Å²) in [6.45, 7) is 4.47. The molecule has 1 saturated carbocycles. The number of hydrogen-bond acceptors (Lipinski definition) is 4. The number of aliphatic hydroxyl groups is 1. The summed E-state index contributed by atoms with van der Waals surface area (Å²) < 4.78 is 15.1. The fourth-order valence-electron chi connectivity index (χ4n) is 5.27. The summed E-state index contributed by atoms with van der Waals surface area (Å²) in [5, 5.41) is 14.2. The highest BCUT2D eigenvalue weighted by atomic mass is 35.5. The van der Waals surface area contributed by atoms with E-state index in [1.807, 2.05) is 18.2 Å². The molecule has 5 rings (SSSR count). The van der Waals surface area contributed by atoms with E-state index in [0.29, 0.717) is 19.5 Å². The molecule has 2 fully saturated rings. The van der Waals surface area contributed by atoms with Crippen LogP contribution in [0.5, 0.6) is 0 Å². The molecule has 0 bridgehead atoms. The largest absolute Gasteiger partial charge is 0.375 e. The third-order valence-electron chi connectivity index (χ3n) is 7.13. The van der Waals surface area contributed by atoms with E-state index in [4.69, 9.17) is 23.2 Å². The van der Waals surface area contributed by atoms with Gasteiger partial charge < -0.3 is 15.3 Å². The number of halogens is 3. The molecule has 5 nitrogen and oxygen atoms in total. The summed E-state index contributed by atoms with van der Waals surface area (Å²) in [5.41, 5.74) is 1.64. The molecule has 2 aromatic rings. The number of carbonyl (C=O) groups is 1. The summed E-state index contributed by atoms with van der Waals surface area (Å²) in [4.78, 5) is 16.3. The van der Waals surface area contributed by atoms with Gasteiger partial charge in [-0.2, -0.15) is 0 Å². The van der Waals surface area contributed by atoms with Gasteiger partial charge in [-0.3, -0.25) is 9.69 Å². The van der Waals surface area contributed by atoms with Gasteiger partial charge in [0.2, 0.25) is 5.91 Å². The Morgan fingerprint density at radius 2 is 2.00 bits per heavy atom. The van der Waals surface area contributed by atoms with Crippen LogP contribution >= 0.6 is 23.2 Å². The normalized spacial score (nSPS) is 24.7. The van der Waals surface area contributed by atoms with E-state index in [-0.39, 0.29) is 26.9 Å². The van der Waals surface area contributed by atoms with E-state index >= 15 is 4.39 Å². The molecule has 2 heterocycles. The van der Waals surface area contributed by atoms with Crippen LogP contribution in [0.4, 0.5) is 15.8 Å². The number of nitrogens with one attached hydrogen (secondary N) is 1. The first-order valence-corrected chi connectivity index (χ1v) is 11.4. The van der Waals surface area contributed by atoms with E-state index in [1.54, 1.807) is 16.8 Å². The van der Waals surface area contributed by atoms with Crippen LogP contribution in [0.3, 0.4) is 0 Å². The van der Waals surface area contributed by atoms with E-state index in [2.05, 4.69) is 11.9 Å². The van der Waals surface area contributed by atoms with Gasteiger partial charge in [-0.25, -0.2) is 4.39 Å². The Balaban J connectivity index is 1.58. The molecule has 0 radical (unpaired) electrons. The van der Waals surface area contributed by atoms with Gasteiger partial charge in [0.25, 0.3) is 0 Å². The molecule has 0 aromatic heterocycles. The number of nitrogens with zero attached hydrogens (tertiary/aromatic N) is 2. The fourth-order valence-corrected chi connectivity index (χ4v) is 5.76. The third kappa shape index (κ3) is 3.08. The molecular weight excluding hydrogens is 452 g/mol. The van der Waals surface area contributed by atoms with Crippen LogP contribution < -0.4 is 10.2 Å². The van der Waals surface area contributed by atoms with Crippen LogP contribution in [-0.4, -0.2) is 42.3 Å². The van der Waals surface area contributed by atoms with E-state index in [0.717, 1.165) is 29.8 Å². The Kier molecular flexibility index (Phi) is 5.06. The molecule has 1 amide bonds. The van der Waals surface area contributed by atoms with Gasteiger partial charge in [-0.1, -0.05) is 35.8 Å². The average molecular weight is 476 g/mol. The zero-order valence-electron chi connectivity index (χ0n) is 17.7. The molecule has 8 heteroatoms. The van der Waals surface area contributed by atoms with Gasteiger partial charge in [0, 0.05) is 37.1 Å². The average Bonchev–Trinajstić information content (AvgIpc) is 3.44. The van der Waals surface area contributed by atoms with Crippen LogP contribution in [0.15, 0.2) is 43.0 Å². The number of aliphatic hydroxyl groups excluding tert-OH is 1. The van der Waals surface area contributed by atoms with Crippen molar-refractivity contribution >= 4 is 40.5 Å². The summed E-state index contributed by atoms with van der Waals surface area (Å²) >= 11 is 12.8. The van der Waals surface area contributed by atoms with Gasteiger partial charge in [0.05, 0.1) is 21.0 Å². The van der Waals surface area contributed by atoms with Crippen LogP contribution in [0, 0.1) is 5.82 Å². The van der Waals surface area contributed by atoms with Crippen molar-refractivity contribution in [3.8, 4) is 0 Å². The minimum absolute atomic E-state index is 0.129. The van der Waals surface area contributed by atoms with Gasteiger partial charge >= 0.3 is 0 Å². The Labute approximate surface area is 196 Å². The molecular formula is C24H24Cl2FN3O2. The second-order valence-corrected chi connectivity index (χ2v) is 9.76. The lowest BCUT2D eigenvalue weighted by molar-refractivity contribution is -0.119. The quantitative estimate of drug-likeness (QED) is 0.487. The molecule has 2 N–H and O–H groups in total. The highest BCUT2D eigenvalue weighted by Crippen LogP contribution is 2.57. The molecule has 168 valence electrons. The van der Waals surface area contributed by atoms with Crippen molar-refractivity contribution in [3.05, 3.63) is 70.0 Å². The van der Waals surface area contributed by atoms with Crippen molar-refractivity contribution in [1.82, 2.24) is 4.90 Å². The Morgan fingerprint density at radius 1 is 1.25 bits per heavy atom. The van der Waals surface area contributed by atoms with E-state index < -0.39 is 17.6 Å². The first kappa shape index (κ1) is 21.7. The van der Waals surface area contributed by atoms with Crippen molar-refractivity contribution in [2.45, 2.75) is 36.4 Å². The lowest BCUT2D eigenvalue weighted by Gasteiger charge is -2.34. The summed E-state index contributed by atoms with van der Waals surface area (Å²) in [6, 6.07) is 8.60. The standard InChI is InChI=1S/C24H24Cl2FN3O2/c1-3-19(31)30-11-10-24(13-30,20-17(27)7-6-16(25)21(20)26)28-14-4-5-15-18(12-14)29(2)22(32)23(15)8-9-23/h3-7,12,19,28,31H,1,8-11,13H2,2H3/t19?,24-/m0/s1. The van der Waals surface area contributed by atoms with Crippen LogP contribution in [0.25, 0.3) is 0 Å². The first-order valence-electron chi connectivity index (χ1n) is 10.6. The molecule has 1 unspecified atom stereocenters. The van der Waals surface area contributed by atoms with Crippen molar-refractivity contribution in [1.29, 1.82) is 0 Å². The topological polar surface area (TPSA) is 55.8 Å². The van der Waals surface area contributed by atoms with E-state index in [1.165, 1.54) is 18.2 Å². The maximum absolute atomic E-state index is 15.1.